The maximum Gasteiger partial charge on any atom is 0.291 e. The predicted octanol–water partition coefficient (Wildman–Crippen LogP) is 3.21. The molecule has 2 aromatic rings. The van der Waals surface area contributed by atoms with Crippen LogP contribution in [0.15, 0.2) is 42.0 Å². The van der Waals surface area contributed by atoms with Crippen LogP contribution in [0.4, 0.5) is 5.95 Å². The molecule has 21 heavy (non-hydrogen) atoms. The maximum atomic E-state index is 10.2. The van der Waals surface area contributed by atoms with E-state index >= 15 is 0 Å². The average molecular weight is 285 g/mol. The summed E-state index contributed by atoms with van der Waals surface area (Å²) in [6.07, 6.45) is 11.5. The van der Waals surface area contributed by atoms with Crippen molar-refractivity contribution in [3.63, 3.8) is 0 Å². The lowest BCUT2D eigenvalue weighted by Crippen LogP contribution is -2.22. The van der Waals surface area contributed by atoms with Crippen molar-refractivity contribution in [1.82, 2.24) is 15.0 Å². The normalized spacial score (nSPS) is 14.9. The quantitative estimate of drug-likeness (QED) is 0.855. The highest BCUT2D eigenvalue weighted by Gasteiger charge is 2.06. The maximum absolute atomic E-state index is 10.2. The molecule has 2 aromatic heterocycles. The van der Waals surface area contributed by atoms with Crippen LogP contribution in [0.1, 0.15) is 32.1 Å². The largest absolute Gasteiger partial charge is 0.328 e. The zero-order valence-electron chi connectivity index (χ0n) is 11.9. The van der Waals surface area contributed by atoms with Crippen molar-refractivity contribution in [1.29, 1.82) is 0 Å². The lowest BCUT2D eigenvalue weighted by Gasteiger charge is -2.15. The Balaban J connectivity index is 0.000000194. The number of hydrogen-bond donors (Lipinski definition) is 1. The van der Waals surface area contributed by atoms with Crippen LogP contribution in [-0.2, 0) is 0 Å². The molecule has 0 unspecified atom stereocenters. The van der Waals surface area contributed by atoms with E-state index in [0.29, 0.717) is 11.7 Å². The lowest BCUT2D eigenvalue weighted by atomic mass is 9.97. The summed E-state index contributed by atoms with van der Waals surface area (Å²) >= 11 is 0. The molecule has 0 amide bonds. The van der Waals surface area contributed by atoms with Gasteiger partial charge in [-0.15, -0.1) is 4.91 Å². The molecule has 2 N–H and O–H groups in total. The second-order valence-corrected chi connectivity index (χ2v) is 4.97. The molecule has 3 rings (SSSR count). The molecule has 2 heterocycles. The van der Waals surface area contributed by atoms with Gasteiger partial charge in [0, 0.05) is 35.4 Å². The Kier molecular flexibility index (Phi) is 5.90. The van der Waals surface area contributed by atoms with Gasteiger partial charge in [-0.2, -0.15) is 0 Å². The first-order chi connectivity index (χ1) is 10.3. The highest BCUT2D eigenvalue weighted by atomic mass is 16.3. The summed E-state index contributed by atoms with van der Waals surface area (Å²) in [5, 5.41) is 2.66. The minimum Gasteiger partial charge on any atom is -0.328 e. The molecule has 6 nitrogen and oxygen atoms in total. The van der Waals surface area contributed by atoms with Crippen LogP contribution in [0.3, 0.4) is 0 Å². The van der Waals surface area contributed by atoms with Crippen molar-refractivity contribution >= 4 is 5.95 Å². The third kappa shape index (κ3) is 5.00. The Morgan fingerprint density at radius 1 is 1.14 bits per heavy atom. The summed E-state index contributed by atoms with van der Waals surface area (Å²) in [5.74, 6) is -0.0636. The van der Waals surface area contributed by atoms with E-state index in [1.807, 2.05) is 6.07 Å². The Labute approximate surface area is 123 Å². The standard InChI is InChI=1S/C9H6N4O.C6H13N/c14-13-9-11-5-3-8(12-9)7-2-1-4-10-6-7;7-6-4-2-1-3-5-6/h1-6H;6H,1-5,7H2. The van der Waals surface area contributed by atoms with E-state index in [1.54, 1.807) is 24.5 Å². The number of pyridine rings is 1. The van der Waals surface area contributed by atoms with E-state index < -0.39 is 0 Å². The van der Waals surface area contributed by atoms with E-state index in [9.17, 15) is 4.91 Å². The van der Waals surface area contributed by atoms with Gasteiger partial charge < -0.3 is 5.73 Å². The van der Waals surface area contributed by atoms with Gasteiger partial charge in [0.05, 0.1) is 5.69 Å². The summed E-state index contributed by atoms with van der Waals surface area (Å²) in [6.45, 7) is 0. The topological polar surface area (TPSA) is 94.1 Å². The predicted molar refractivity (Wildman–Crippen MR) is 81.8 cm³/mol. The van der Waals surface area contributed by atoms with Crippen molar-refractivity contribution in [2.45, 2.75) is 38.1 Å². The van der Waals surface area contributed by atoms with Gasteiger partial charge >= 0.3 is 0 Å². The van der Waals surface area contributed by atoms with Crippen LogP contribution >= 0.6 is 0 Å². The van der Waals surface area contributed by atoms with E-state index in [2.05, 4.69) is 20.1 Å². The minimum absolute atomic E-state index is 0.0636. The van der Waals surface area contributed by atoms with Gasteiger partial charge in [-0.05, 0) is 31.0 Å². The fraction of sp³-hybridized carbons (Fsp3) is 0.400. The van der Waals surface area contributed by atoms with E-state index in [-0.39, 0.29) is 5.95 Å². The van der Waals surface area contributed by atoms with Crippen LogP contribution in [-0.4, -0.2) is 21.0 Å². The van der Waals surface area contributed by atoms with Crippen molar-refractivity contribution in [3.8, 4) is 11.3 Å². The molecule has 0 aromatic carbocycles. The van der Waals surface area contributed by atoms with Gasteiger partial charge in [-0.3, -0.25) is 4.98 Å². The molecular weight excluding hydrogens is 266 g/mol. The number of nitrogens with two attached hydrogens (primary N) is 1. The molecule has 0 radical (unpaired) electrons. The second-order valence-electron chi connectivity index (χ2n) is 4.97. The summed E-state index contributed by atoms with van der Waals surface area (Å²) in [7, 11) is 0. The van der Waals surface area contributed by atoms with Gasteiger partial charge in [-0.25, -0.2) is 9.97 Å². The van der Waals surface area contributed by atoms with Gasteiger partial charge in [0.1, 0.15) is 0 Å². The first-order valence-electron chi connectivity index (χ1n) is 7.12. The summed E-state index contributed by atoms with van der Waals surface area (Å²) in [6, 6.07) is 5.88. The van der Waals surface area contributed by atoms with Crippen LogP contribution in [0.2, 0.25) is 0 Å². The zero-order chi connectivity index (χ0) is 14.9. The minimum atomic E-state index is -0.0636. The number of aromatic nitrogens is 3. The second kappa shape index (κ2) is 8.16. The van der Waals surface area contributed by atoms with Crippen molar-refractivity contribution in [2.75, 3.05) is 0 Å². The summed E-state index contributed by atoms with van der Waals surface area (Å²) in [5.41, 5.74) is 7.11. The molecular formula is C15H19N5O. The van der Waals surface area contributed by atoms with Crippen molar-refractivity contribution in [2.24, 2.45) is 10.9 Å². The number of nitroso groups, excluding NO2 is 1. The Bertz CT molecular complexity index is 555. The van der Waals surface area contributed by atoms with Crippen LogP contribution in [0.5, 0.6) is 0 Å². The molecule has 6 heteroatoms. The van der Waals surface area contributed by atoms with Gasteiger partial charge in [0.25, 0.3) is 5.95 Å². The summed E-state index contributed by atoms with van der Waals surface area (Å²) < 4.78 is 0. The Hall–Kier alpha value is -2.21. The van der Waals surface area contributed by atoms with Gasteiger partial charge in [0.2, 0.25) is 0 Å². The number of rotatable bonds is 2. The highest BCUT2D eigenvalue weighted by molar-refractivity contribution is 5.57. The SMILES string of the molecule is NC1CCCCC1.O=Nc1nccc(-c2cccnc2)n1. The van der Waals surface area contributed by atoms with Gasteiger partial charge in [0.15, 0.2) is 0 Å². The van der Waals surface area contributed by atoms with E-state index in [1.165, 1.54) is 38.3 Å². The average Bonchev–Trinajstić information content (AvgIpc) is 2.57. The molecule has 1 fully saturated rings. The first-order valence-corrected chi connectivity index (χ1v) is 7.12. The van der Waals surface area contributed by atoms with Crippen LogP contribution in [0, 0.1) is 4.91 Å². The van der Waals surface area contributed by atoms with Crippen LogP contribution in [0.25, 0.3) is 11.3 Å². The van der Waals surface area contributed by atoms with E-state index in [0.717, 1.165) is 5.56 Å². The third-order valence-electron chi connectivity index (χ3n) is 3.33. The molecule has 0 aliphatic heterocycles. The molecule has 0 atom stereocenters. The fourth-order valence-electron chi connectivity index (χ4n) is 2.20. The molecule has 0 bridgehead atoms. The molecule has 1 saturated carbocycles. The Morgan fingerprint density at radius 2 is 1.95 bits per heavy atom. The number of hydrogen-bond acceptors (Lipinski definition) is 6. The molecule has 0 spiro atoms. The van der Waals surface area contributed by atoms with E-state index in [4.69, 9.17) is 5.73 Å². The molecule has 1 aliphatic rings. The fourth-order valence-corrected chi connectivity index (χ4v) is 2.20. The first kappa shape index (κ1) is 15.2. The summed E-state index contributed by atoms with van der Waals surface area (Å²) in [4.78, 5) is 21.8. The molecule has 1 aliphatic carbocycles. The molecule has 0 saturated heterocycles. The number of nitrogens with zero attached hydrogens (tertiary/aromatic N) is 4. The van der Waals surface area contributed by atoms with Crippen molar-refractivity contribution in [3.05, 3.63) is 41.7 Å². The van der Waals surface area contributed by atoms with Crippen LogP contribution < -0.4 is 5.73 Å². The smallest absolute Gasteiger partial charge is 0.291 e. The highest BCUT2D eigenvalue weighted by Crippen LogP contribution is 2.16. The zero-order valence-corrected chi connectivity index (χ0v) is 11.9. The monoisotopic (exact) mass is 285 g/mol. The van der Waals surface area contributed by atoms with Crippen molar-refractivity contribution < 1.29 is 0 Å². The third-order valence-corrected chi connectivity index (χ3v) is 3.33. The molecule has 110 valence electrons. The lowest BCUT2D eigenvalue weighted by molar-refractivity contribution is 0.441. The Morgan fingerprint density at radius 3 is 2.52 bits per heavy atom. The van der Waals surface area contributed by atoms with Gasteiger partial charge in [-0.1, -0.05) is 19.3 Å².